The molecule has 2 aromatic carbocycles. The van der Waals surface area contributed by atoms with Crippen LogP contribution in [0.25, 0.3) is 5.57 Å². The summed E-state index contributed by atoms with van der Waals surface area (Å²) in [6, 6.07) is 14.4. The molecule has 2 aromatic rings. The molecule has 0 saturated carbocycles. The van der Waals surface area contributed by atoms with Crippen molar-refractivity contribution in [3.63, 3.8) is 0 Å². The molecule has 0 aliphatic carbocycles. The first-order chi connectivity index (χ1) is 11.6. The van der Waals surface area contributed by atoms with Gasteiger partial charge in [0.1, 0.15) is 12.4 Å². The second-order valence-corrected chi connectivity index (χ2v) is 5.17. The first kappa shape index (κ1) is 15.3. The normalized spacial score (nSPS) is 12.2. The molecule has 1 heterocycles. The largest absolute Gasteiger partial charge is 0.489 e. The number of aliphatic imine (C=N–C) groups is 1. The third kappa shape index (κ3) is 2.96. The molecular formula is C18H14N4O2. The number of ether oxygens (including phenoxy) is 1. The molecule has 0 saturated heterocycles. The van der Waals surface area contributed by atoms with Crippen molar-refractivity contribution < 1.29 is 9.53 Å². The van der Waals surface area contributed by atoms with Crippen molar-refractivity contribution in [2.45, 2.75) is 0 Å². The molecule has 6 heteroatoms. The van der Waals surface area contributed by atoms with Crippen LogP contribution in [-0.2, 0) is 0 Å². The fourth-order valence-electron chi connectivity index (χ4n) is 2.50. The van der Waals surface area contributed by atoms with Gasteiger partial charge in [0.05, 0.1) is 11.6 Å². The Bertz CT molecular complexity index is 902. The standard InChI is InChI=1S/C18H14N4O2/c19-10-11-1-3-12(4-2-11)14-7-8-24-16-6-5-13(9-15(14)16)17(23)22-18(20)21/h1-7,9H,8H2,(H4,20,21,22,23). The Hall–Kier alpha value is -3.59. The summed E-state index contributed by atoms with van der Waals surface area (Å²) in [5.74, 6) is -0.113. The van der Waals surface area contributed by atoms with Gasteiger partial charge in [-0.2, -0.15) is 10.3 Å². The molecule has 1 amide bonds. The maximum Gasteiger partial charge on any atom is 0.280 e. The number of nitrogens with two attached hydrogens (primary N) is 2. The molecule has 0 fully saturated rings. The minimum Gasteiger partial charge on any atom is -0.489 e. The minimum absolute atomic E-state index is 0.281. The van der Waals surface area contributed by atoms with Crippen molar-refractivity contribution in [3.05, 3.63) is 70.8 Å². The van der Waals surface area contributed by atoms with E-state index in [-0.39, 0.29) is 5.96 Å². The minimum atomic E-state index is -0.512. The molecular weight excluding hydrogens is 304 g/mol. The van der Waals surface area contributed by atoms with E-state index in [0.717, 1.165) is 16.7 Å². The van der Waals surface area contributed by atoms with Gasteiger partial charge < -0.3 is 16.2 Å². The van der Waals surface area contributed by atoms with E-state index in [1.165, 1.54) is 0 Å². The van der Waals surface area contributed by atoms with E-state index in [9.17, 15) is 4.79 Å². The summed E-state index contributed by atoms with van der Waals surface area (Å²) in [7, 11) is 0. The second-order valence-electron chi connectivity index (χ2n) is 5.17. The summed E-state index contributed by atoms with van der Waals surface area (Å²) in [6.07, 6.45) is 1.93. The van der Waals surface area contributed by atoms with Gasteiger partial charge in [0.15, 0.2) is 5.96 Å². The number of hydrogen-bond donors (Lipinski definition) is 2. The Labute approximate surface area is 138 Å². The monoisotopic (exact) mass is 318 g/mol. The molecule has 0 atom stereocenters. The summed E-state index contributed by atoms with van der Waals surface area (Å²) >= 11 is 0. The Kier molecular flexibility index (Phi) is 4.00. The summed E-state index contributed by atoms with van der Waals surface area (Å²) in [5, 5.41) is 8.91. The van der Waals surface area contributed by atoms with Crippen molar-refractivity contribution in [2.24, 2.45) is 16.5 Å². The molecule has 0 bridgehead atoms. The molecule has 118 valence electrons. The summed E-state index contributed by atoms with van der Waals surface area (Å²) < 4.78 is 5.61. The predicted molar refractivity (Wildman–Crippen MR) is 90.3 cm³/mol. The number of guanidine groups is 1. The van der Waals surface area contributed by atoms with Crippen LogP contribution in [0.2, 0.25) is 0 Å². The number of benzene rings is 2. The maximum atomic E-state index is 12.0. The van der Waals surface area contributed by atoms with Crippen molar-refractivity contribution >= 4 is 17.4 Å². The van der Waals surface area contributed by atoms with Crippen LogP contribution < -0.4 is 16.2 Å². The number of hydrogen-bond acceptors (Lipinski definition) is 3. The lowest BCUT2D eigenvalue weighted by Crippen LogP contribution is -2.24. The Balaban J connectivity index is 2.04. The van der Waals surface area contributed by atoms with Crippen molar-refractivity contribution in [2.75, 3.05) is 6.61 Å². The summed E-state index contributed by atoms with van der Waals surface area (Å²) in [5.41, 5.74) is 14.1. The first-order valence-electron chi connectivity index (χ1n) is 7.20. The van der Waals surface area contributed by atoms with Crippen molar-refractivity contribution in [3.8, 4) is 11.8 Å². The molecule has 1 aliphatic rings. The SMILES string of the molecule is N#Cc1ccc(C2=CCOc3ccc(C(=O)N=C(N)N)cc32)cc1. The van der Waals surface area contributed by atoms with Crippen LogP contribution >= 0.6 is 0 Å². The van der Waals surface area contributed by atoms with Crippen molar-refractivity contribution in [1.29, 1.82) is 5.26 Å². The van der Waals surface area contributed by atoms with Gasteiger partial charge in [-0.25, -0.2) is 0 Å². The van der Waals surface area contributed by atoms with E-state index in [2.05, 4.69) is 11.1 Å². The average Bonchev–Trinajstić information content (AvgIpc) is 2.60. The van der Waals surface area contributed by atoms with Crippen molar-refractivity contribution in [1.82, 2.24) is 0 Å². The smallest absolute Gasteiger partial charge is 0.280 e. The van der Waals surface area contributed by atoms with Crippen LogP contribution in [0.15, 0.2) is 53.5 Å². The highest BCUT2D eigenvalue weighted by molar-refractivity contribution is 6.03. The Morgan fingerprint density at radius 3 is 2.58 bits per heavy atom. The van der Waals surface area contributed by atoms with Gasteiger partial charge >= 0.3 is 0 Å². The number of amides is 1. The van der Waals surface area contributed by atoms with E-state index in [4.69, 9.17) is 21.5 Å². The maximum absolute atomic E-state index is 12.0. The van der Waals surface area contributed by atoms with E-state index < -0.39 is 5.91 Å². The number of nitrogens with zero attached hydrogens (tertiary/aromatic N) is 2. The van der Waals surface area contributed by atoms with Crippen LogP contribution in [0.3, 0.4) is 0 Å². The van der Waals surface area contributed by atoms with Gasteiger partial charge in [-0.05, 0) is 47.5 Å². The van der Waals surface area contributed by atoms with Crippen LogP contribution in [0.1, 0.15) is 27.0 Å². The van der Waals surface area contributed by atoms with Gasteiger partial charge in [0.25, 0.3) is 5.91 Å². The lowest BCUT2D eigenvalue weighted by atomic mass is 9.93. The zero-order valence-corrected chi connectivity index (χ0v) is 12.7. The Morgan fingerprint density at radius 2 is 1.92 bits per heavy atom. The Morgan fingerprint density at radius 1 is 1.17 bits per heavy atom. The zero-order chi connectivity index (χ0) is 17.1. The predicted octanol–water partition coefficient (Wildman–Crippen LogP) is 1.80. The lowest BCUT2D eigenvalue weighted by molar-refractivity contribution is 0.100. The van der Waals surface area contributed by atoms with Gasteiger partial charge in [0, 0.05) is 11.1 Å². The third-order valence-corrected chi connectivity index (χ3v) is 3.60. The second kappa shape index (κ2) is 6.26. The molecule has 0 spiro atoms. The summed E-state index contributed by atoms with van der Waals surface area (Å²) in [4.78, 5) is 15.6. The van der Waals surface area contributed by atoms with Crippen LogP contribution in [0, 0.1) is 11.3 Å². The molecule has 0 aromatic heterocycles. The topological polar surface area (TPSA) is 114 Å². The highest BCUT2D eigenvalue weighted by atomic mass is 16.5. The fourth-order valence-corrected chi connectivity index (χ4v) is 2.50. The zero-order valence-electron chi connectivity index (χ0n) is 12.7. The van der Waals surface area contributed by atoms with Crippen LogP contribution in [0.4, 0.5) is 0 Å². The number of carbonyl (C=O) groups is 1. The molecule has 4 N–H and O–H groups in total. The average molecular weight is 318 g/mol. The van der Waals surface area contributed by atoms with Crippen LogP contribution in [0.5, 0.6) is 5.75 Å². The molecule has 1 aliphatic heterocycles. The van der Waals surface area contributed by atoms with E-state index in [1.807, 2.05) is 18.2 Å². The highest BCUT2D eigenvalue weighted by Gasteiger charge is 2.18. The number of carbonyl (C=O) groups excluding carboxylic acids is 1. The fraction of sp³-hybridized carbons (Fsp3) is 0.0556. The summed E-state index contributed by atoms with van der Waals surface area (Å²) in [6.45, 7) is 0.434. The van der Waals surface area contributed by atoms with E-state index in [0.29, 0.717) is 23.5 Å². The number of fused-ring (bicyclic) bond motifs is 1. The highest BCUT2D eigenvalue weighted by Crippen LogP contribution is 2.35. The van der Waals surface area contributed by atoms with Gasteiger partial charge in [-0.3, -0.25) is 4.79 Å². The number of nitriles is 1. The van der Waals surface area contributed by atoms with E-state index in [1.54, 1.807) is 30.3 Å². The van der Waals surface area contributed by atoms with Gasteiger partial charge in [0.2, 0.25) is 0 Å². The van der Waals surface area contributed by atoms with Crippen LogP contribution in [-0.4, -0.2) is 18.5 Å². The van der Waals surface area contributed by atoms with Gasteiger partial charge in [-0.1, -0.05) is 12.1 Å². The molecule has 3 rings (SSSR count). The quantitative estimate of drug-likeness (QED) is 0.647. The molecule has 0 unspecified atom stereocenters. The molecule has 0 radical (unpaired) electrons. The third-order valence-electron chi connectivity index (χ3n) is 3.60. The molecule has 24 heavy (non-hydrogen) atoms. The molecule has 6 nitrogen and oxygen atoms in total. The lowest BCUT2D eigenvalue weighted by Gasteiger charge is -2.19. The first-order valence-corrected chi connectivity index (χ1v) is 7.20. The van der Waals surface area contributed by atoms with E-state index >= 15 is 0 Å². The number of rotatable bonds is 2. The van der Waals surface area contributed by atoms with Gasteiger partial charge in [-0.15, -0.1) is 0 Å².